The van der Waals surface area contributed by atoms with E-state index < -0.39 is 6.10 Å². The predicted molar refractivity (Wildman–Crippen MR) is 100 cm³/mol. The highest BCUT2D eigenvalue weighted by Gasteiger charge is 2.02. The molecule has 0 aromatic heterocycles. The van der Waals surface area contributed by atoms with Crippen molar-refractivity contribution in [2.24, 2.45) is 0 Å². The SMILES string of the molecule is OC(C/C=C\Oc1ccc2ccccc2c1)COCc1ccccc1. The largest absolute Gasteiger partial charge is 0.465 e. The number of hydrogen-bond acceptors (Lipinski definition) is 3. The summed E-state index contributed by atoms with van der Waals surface area (Å²) < 4.78 is 11.1. The van der Waals surface area contributed by atoms with Crippen molar-refractivity contribution in [1.29, 1.82) is 0 Å². The van der Waals surface area contributed by atoms with E-state index in [2.05, 4.69) is 12.1 Å². The van der Waals surface area contributed by atoms with Gasteiger partial charge in [0.15, 0.2) is 0 Å². The highest BCUT2D eigenvalue weighted by molar-refractivity contribution is 5.83. The van der Waals surface area contributed by atoms with Crippen LogP contribution in [-0.4, -0.2) is 17.8 Å². The van der Waals surface area contributed by atoms with Crippen molar-refractivity contribution in [3.63, 3.8) is 0 Å². The first-order valence-electron chi connectivity index (χ1n) is 8.41. The van der Waals surface area contributed by atoms with Crippen LogP contribution in [0.1, 0.15) is 12.0 Å². The molecule has 1 N–H and O–H groups in total. The van der Waals surface area contributed by atoms with Crippen molar-refractivity contribution in [1.82, 2.24) is 0 Å². The Kier molecular flexibility index (Phi) is 6.21. The maximum Gasteiger partial charge on any atom is 0.127 e. The summed E-state index contributed by atoms with van der Waals surface area (Å²) in [4.78, 5) is 0. The molecule has 1 unspecified atom stereocenters. The van der Waals surface area contributed by atoms with Gasteiger partial charge in [-0.1, -0.05) is 60.7 Å². The van der Waals surface area contributed by atoms with Gasteiger partial charge < -0.3 is 14.6 Å². The van der Waals surface area contributed by atoms with E-state index in [1.54, 1.807) is 6.26 Å². The van der Waals surface area contributed by atoms with Crippen LogP contribution in [0.4, 0.5) is 0 Å². The normalized spacial score (nSPS) is 12.5. The molecule has 3 nitrogen and oxygen atoms in total. The molecule has 0 aliphatic carbocycles. The lowest BCUT2D eigenvalue weighted by Crippen LogP contribution is -2.14. The number of hydrogen-bond donors (Lipinski definition) is 1. The lowest BCUT2D eigenvalue weighted by Gasteiger charge is -2.09. The van der Waals surface area contributed by atoms with Gasteiger partial charge in [0.05, 0.1) is 25.6 Å². The molecule has 0 aliphatic heterocycles. The highest BCUT2D eigenvalue weighted by atomic mass is 16.5. The van der Waals surface area contributed by atoms with Gasteiger partial charge in [0, 0.05) is 0 Å². The molecule has 128 valence electrons. The smallest absolute Gasteiger partial charge is 0.127 e. The Morgan fingerprint density at radius 3 is 2.48 bits per heavy atom. The highest BCUT2D eigenvalue weighted by Crippen LogP contribution is 2.20. The zero-order chi connectivity index (χ0) is 17.3. The average Bonchev–Trinajstić information content (AvgIpc) is 2.66. The lowest BCUT2D eigenvalue weighted by atomic mass is 10.1. The van der Waals surface area contributed by atoms with Crippen LogP contribution in [0.5, 0.6) is 5.75 Å². The standard InChI is InChI=1S/C22H22O3/c23-21(17-24-16-18-7-2-1-3-8-18)11-6-14-25-22-13-12-19-9-4-5-10-20(19)15-22/h1-10,12-15,21,23H,11,16-17H2/b14-6-. The molecule has 0 aliphatic rings. The van der Waals surface area contributed by atoms with Crippen molar-refractivity contribution in [2.75, 3.05) is 6.61 Å². The second-order valence-electron chi connectivity index (χ2n) is 5.89. The van der Waals surface area contributed by atoms with Crippen molar-refractivity contribution >= 4 is 10.8 Å². The molecule has 0 amide bonds. The van der Waals surface area contributed by atoms with Crippen LogP contribution < -0.4 is 4.74 Å². The van der Waals surface area contributed by atoms with E-state index >= 15 is 0 Å². The van der Waals surface area contributed by atoms with E-state index in [0.29, 0.717) is 19.6 Å². The number of ether oxygens (including phenoxy) is 2. The van der Waals surface area contributed by atoms with Crippen LogP contribution in [0.2, 0.25) is 0 Å². The maximum atomic E-state index is 9.93. The lowest BCUT2D eigenvalue weighted by molar-refractivity contribution is 0.0299. The fourth-order valence-corrected chi connectivity index (χ4v) is 2.54. The number of rotatable bonds is 8. The fraction of sp³-hybridized carbons (Fsp3) is 0.182. The Bertz CT molecular complexity index is 812. The molecule has 3 aromatic carbocycles. The maximum absolute atomic E-state index is 9.93. The van der Waals surface area contributed by atoms with Gasteiger partial charge in [-0.2, -0.15) is 0 Å². The van der Waals surface area contributed by atoms with Gasteiger partial charge in [-0.15, -0.1) is 0 Å². The molecule has 3 heteroatoms. The second-order valence-corrected chi connectivity index (χ2v) is 5.89. The first-order chi connectivity index (χ1) is 12.3. The zero-order valence-electron chi connectivity index (χ0n) is 14.0. The Hall–Kier alpha value is -2.62. The topological polar surface area (TPSA) is 38.7 Å². The minimum Gasteiger partial charge on any atom is -0.465 e. The zero-order valence-corrected chi connectivity index (χ0v) is 14.0. The van der Waals surface area contributed by atoms with E-state index in [-0.39, 0.29) is 0 Å². The first-order valence-corrected chi connectivity index (χ1v) is 8.41. The number of fused-ring (bicyclic) bond motifs is 1. The van der Waals surface area contributed by atoms with Crippen molar-refractivity contribution < 1.29 is 14.6 Å². The number of aliphatic hydroxyl groups is 1. The summed E-state index contributed by atoms with van der Waals surface area (Å²) in [7, 11) is 0. The van der Waals surface area contributed by atoms with E-state index in [1.807, 2.05) is 66.7 Å². The Labute approximate surface area is 148 Å². The summed E-state index contributed by atoms with van der Waals surface area (Å²) in [6.07, 6.45) is 3.37. The molecule has 0 bridgehead atoms. The van der Waals surface area contributed by atoms with Gasteiger partial charge in [0.2, 0.25) is 0 Å². The van der Waals surface area contributed by atoms with Crippen LogP contribution in [0.25, 0.3) is 10.8 Å². The van der Waals surface area contributed by atoms with Gasteiger partial charge in [-0.3, -0.25) is 0 Å². The van der Waals surface area contributed by atoms with Crippen molar-refractivity contribution in [2.45, 2.75) is 19.1 Å². The summed E-state index contributed by atoms with van der Waals surface area (Å²) >= 11 is 0. The van der Waals surface area contributed by atoms with Crippen LogP contribution in [0.3, 0.4) is 0 Å². The van der Waals surface area contributed by atoms with Crippen LogP contribution in [-0.2, 0) is 11.3 Å². The van der Waals surface area contributed by atoms with Crippen LogP contribution >= 0.6 is 0 Å². The van der Waals surface area contributed by atoms with Crippen LogP contribution in [0.15, 0.2) is 85.1 Å². The monoisotopic (exact) mass is 334 g/mol. The molecule has 0 radical (unpaired) electrons. The summed E-state index contributed by atoms with van der Waals surface area (Å²) in [5.41, 5.74) is 1.10. The Morgan fingerprint density at radius 1 is 0.880 bits per heavy atom. The molecular formula is C22H22O3. The van der Waals surface area contributed by atoms with Gasteiger partial charge >= 0.3 is 0 Å². The third kappa shape index (κ3) is 5.45. The minimum atomic E-state index is -0.542. The van der Waals surface area contributed by atoms with Gasteiger partial charge in [0.25, 0.3) is 0 Å². The van der Waals surface area contributed by atoms with Crippen molar-refractivity contribution in [3.8, 4) is 5.75 Å². The average molecular weight is 334 g/mol. The van der Waals surface area contributed by atoms with E-state index in [1.165, 1.54) is 5.39 Å². The van der Waals surface area contributed by atoms with Gasteiger partial charge in [0.1, 0.15) is 5.75 Å². The van der Waals surface area contributed by atoms with E-state index in [9.17, 15) is 5.11 Å². The summed E-state index contributed by atoms with van der Waals surface area (Å²) in [5, 5.41) is 12.3. The number of benzene rings is 3. The third-order valence-corrected chi connectivity index (χ3v) is 3.85. The van der Waals surface area contributed by atoms with Crippen LogP contribution in [0, 0.1) is 0 Å². The minimum absolute atomic E-state index is 0.301. The molecule has 25 heavy (non-hydrogen) atoms. The second kappa shape index (κ2) is 9.02. The molecule has 3 rings (SSSR count). The summed E-state index contributed by atoms with van der Waals surface area (Å²) in [6, 6.07) is 24.0. The van der Waals surface area contributed by atoms with Gasteiger partial charge in [-0.25, -0.2) is 0 Å². The van der Waals surface area contributed by atoms with E-state index in [0.717, 1.165) is 16.7 Å². The molecule has 0 heterocycles. The molecule has 0 saturated carbocycles. The molecule has 1 atom stereocenters. The Morgan fingerprint density at radius 2 is 1.64 bits per heavy atom. The van der Waals surface area contributed by atoms with E-state index in [4.69, 9.17) is 9.47 Å². The number of aliphatic hydroxyl groups excluding tert-OH is 1. The summed E-state index contributed by atoms with van der Waals surface area (Å²) in [6.45, 7) is 0.810. The molecule has 3 aromatic rings. The molecule has 0 fully saturated rings. The molecular weight excluding hydrogens is 312 g/mol. The van der Waals surface area contributed by atoms with Gasteiger partial charge in [-0.05, 0) is 41.0 Å². The van der Waals surface area contributed by atoms with Crippen molar-refractivity contribution in [3.05, 3.63) is 90.7 Å². The quantitative estimate of drug-likeness (QED) is 0.607. The third-order valence-electron chi connectivity index (χ3n) is 3.85. The Balaban J connectivity index is 1.39. The predicted octanol–water partition coefficient (Wildman–Crippen LogP) is 4.70. The molecule has 0 spiro atoms. The summed E-state index contributed by atoms with van der Waals surface area (Å²) in [5.74, 6) is 0.782. The first kappa shape index (κ1) is 17.2. The molecule has 0 saturated heterocycles. The fourth-order valence-electron chi connectivity index (χ4n) is 2.54.